The van der Waals surface area contributed by atoms with Gasteiger partial charge in [0, 0.05) is 0 Å². The smallest absolute Gasteiger partial charge is 0.309 e. The number of benzene rings is 1. The third-order valence-electron chi connectivity index (χ3n) is 3.26. The van der Waals surface area contributed by atoms with E-state index in [9.17, 15) is 9.90 Å². The van der Waals surface area contributed by atoms with Crippen LogP contribution in [0.25, 0.3) is 0 Å². The Labute approximate surface area is 109 Å². The Balaban J connectivity index is 3.17. The Morgan fingerprint density at radius 1 is 1.33 bits per heavy atom. The van der Waals surface area contributed by atoms with E-state index < -0.39 is 11.4 Å². The summed E-state index contributed by atoms with van der Waals surface area (Å²) >= 11 is 0. The summed E-state index contributed by atoms with van der Waals surface area (Å²) in [5, 5.41) is 9.21. The number of carboxylic acid groups (broad SMARTS) is 1. The van der Waals surface area contributed by atoms with E-state index in [4.69, 9.17) is 4.74 Å². The number of aryl methyl sites for hydroxylation is 1. The molecule has 100 valence electrons. The predicted molar refractivity (Wildman–Crippen MR) is 72.2 cm³/mol. The molecule has 0 bridgehead atoms. The second kappa shape index (κ2) is 5.42. The van der Waals surface area contributed by atoms with Crippen LogP contribution in [-0.2, 0) is 11.2 Å². The number of carbonyl (C=O) groups is 1. The van der Waals surface area contributed by atoms with E-state index in [1.165, 1.54) is 0 Å². The highest BCUT2D eigenvalue weighted by atomic mass is 16.5. The monoisotopic (exact) mass is 250 g/mol. The summed E-state index contributed by atoms with van der Waals surface area (Å²) in [7, 11) is 0. The Morgan fingerprint density at radius 3 is 2.44 bits per heavy atom. The molecule has 1 N–H and O–H groups in total. The van der Waals surface area contributed by atoms with Gasteiger partial charge in [0.1, 0.15) is 5.75 Å². The predicted octanol–water partition coefficient (Wildman–Crippen LogP) is 3.36. The highest BCUT2D eigenvalue weighted by Gasteiger charge is 2.29. The van der Waals surface area contributed by atoms with Crippen molar-refractivity contribution in [2.45, 2.75) is 41.0 Å². The third-order valence-corrected chi connectivity index (χ3v) is 3.26. The lowest BCUT2D eigenvalue weighted by Crippen LogP contribution is -2.26. The van der Waals surface area contributed by atoms with Gasteiger partial charge in [-0.2, -0.15) is 0 Å². The quantitative estimate of drug-likeness (QED) is 0.871. The van der Waals surface area contributed by atoms with E-state index in [1.807, 2.05) is 32.9 Å². The van der Waals surface area contributed by atoms with Crippen molar-refractivity contribution >= 4 is 5.97 Å². The van der Waals surface area contributed by atoms with Gasteiger partial charge < -0.3 is 9.84 Å². The second-order valence-corrected chi connectivity index (χ2v) is 5.29. The zero-order valence-corrected chi connectivity index (χ0v) is 11.8. The number of rotatable bonds is 5. The van der Waals surface area contributed by atoms with E-state index >= 15 is 0 Å². The van der Waals surface area contributed by atoms with Gasteiger partial charge in [-0.25, -0.2) is 0 Å². The van der Waals surface area contributed by atoms with Crippen LogP contribution in [0.5, 0.6) is 5.75 Å². The fraction of sp³-hybridized carbons (Fsp3) is 0.533. The van der Waals surface area contributed by atoms with Gasteiger partial charge in [0.25, 0.3) is 0 Å². The van der Waals surface area contributed by atoms with Gasteiger partial charge >= 0.3 is 5.97 Å². The van der Waals surface area contributed by atoms with E-state index in [0.717, 1.165) is 22.4 Å². The zero-order chi connectivity index (χ0) is 13.9. The number of aliphatic carboxylic acids is 1. The molecule has 0 amide bonds. The molecule has 0 spiro atoms. The first-order chi connectivity index (χ1) is 8.29. The fourth-order valence-electron chi connectivity index (χ4n) is 1.88. The first kappa shape index (κ1) is 14.6. The first-order valence-corrected chi connectivity index (χ1v) is 6.25. The number of carboxylic acids is 1. The van der Waals surface area contributed by atoms with E-state index in [0.29, 0.717) is 13.0 Å². The molecule has 1 rings (SSSR count). The SMILES string of the molecule is CCOc1c(CC(C)(C)C(=O)O)ccc(C)c1C. The maximum atomic E-state index is 11.2. The number of hydrogen-bond acceptors (Lipinski definition) is 2. The summed E-state index contributed by atoms with van der Waals surface area (Å²) < 4.78 is 5.68. The topological polar surface area (TPSA) is 46.5 Å². The average molecular weight is 250 g/mol. The maximum Gasteiger partial charge on any atom is 0.309 e. The molecule has 18 heavy (non-hydrogen) atoms. The highest BCUT2D eigenvalue weighted by Crippen LogP contribution is 2.32. The van der Waals surface area contributed by atoms with Crippen molar-refractivity contribution in [3.8, 4) is 5.75 Å². The molecule has 0 heterocycles. The van der Waals surface area contributed by atoms with E-state index in [-0.39, 0.29) is 0 Å². The van der Waals surface area contributed by atoms with Crippen LogP contribution >= 0.6 is 0 Å². The second-order valence-electron chi connectivity index (χ2n) is 5.29. The van der Waals surface area contributed by atoms with Crippen LogP contribution in [-0.4, -0.2) is 17.7 Å². The van der Waals surface area contributed by atoms with Crippen molar-refractivity contribution in [2.75, 3.05) is 6.61 Å². The van der Waals surface area contributed by atoms with E-state index in [1.54, 1.807) is 13.8 Å². The molecule has 1 aromatic carbocycles. The van der Waals surface area contributed by atoms with Crippen LogP contribution in [0.2, 0.25) is 0 Å². The first-order valence-electron chi connectivity index (χ1n) is 6.25. The molecule has 0 saturated carbocycles. The van der Waals surface area contributed by atoms with Gasteiger partial charge in [-0.05, 0) is 57.7 Å². The van der Waals surface area contributed by atoms with Crippen LogP contribution in [0.15, 0.2) is 12.1 Å². The molecule has 3 nitrogen and oxygen atoms in total. The molecule has 0 aromatic heterocycles. The number of hydrogen-bond donors (Lipinski definition) is 1. The molecule has 0 fully saturated rings. The summed E-state index contributed by atoms with van der Waals surface area (Å²) in [4.78, 5) is 11.2. The molecule has 1 aromatic rings. The molecular weight excluding hydrogens is 228 g/mol. The lowest BCUT2D eigenvalue weighted by molar-refractivity contribution is -0.146. The fourth-order valence-corrected chi connectivity index (χ4v) is 1.88. The molecule has 3 heteroatoms. The van der Waals surface area contributed by atoms with Crippen LogP contribution < -0.4 is 4.74 Å². The molecule has 0 aliphatic heterocycles. The summed E-state index contributed by atoms with van der Waals surface area (Å²) in [6.07, 6.45) is 0.471. The van der Waals surface area contributed by atoms with Crippen molar-refractivity contribution in [3.63, 3.8) is 0 Å². The third kappa shape index (κ3) is 3.03. The van der Waals surface area contributed by atoms with Gasteiger partial charge in [-0.1, -0.05) is 12.1 Å². The maximum absolute atomic E-state index is 11.2. The van der Waals surface area contributed by atoms with Gasteiger partial charge in [0.05, 0.1) is 12.0 Å². The Bertz CT molecular complexity index is 447. The zero-order valence-electron chi connectivity index (χ0n) is 11.8. The minimum absolute atomic E-state index is 0.471. The van der Waals surface area contributed by atoms with Crippen molar-refractivity contribution in [1.82, 2.24) is 0 Å². The summed E-state index contributed by atoms with van der Waals surface area (Å²) in [5.41, 5.74) is 2.44. The lowest BCUT2D eigenvalue weighted by atomic mass is 9.84. The molecule has 0 saturated heterocycles. The van der Waals surface area contributed by atoms with Crippen molar-refractivity contribution in [2.24, 2.45) is 5.41 Å². The minimum atomic E-state index is -0.789. The summed E-state index contributed by atoms with van der Waals surface area (Å²) in [6.45, 7) is 10.0. The molecule has 0 radical (unpaired) electrons. The van der Waals surface area contributed by atoms with Crippen molar-refractivity contribution in [3.05, 3.63) is 28.8 Å². The highest BCUT2D eigenvalue weighted by molar-refractivity contribution is 5.74. The van der Waals surface area contributed by atoms with Crippen molar-refractivity contribution < 1.29 is 14.6 Å². The van der Waals surface area contributed by atoms with Crippen LogP contribution in [0.1, 0.15) is 37.5 Å². The Kier molecular flexibility index (Phi) is 4.38. The van der Waals surface area contributed by atoms with Crippen LogP contribution in [0.4, 0.5) is 0 Å². The molecule has 0 atom stereocenters. The van der Waals surface area contributed by atoms with Crippen LogP contribution in [0, 0.1) is 19.3 Å². The number of ether oxygens (including phenoxy) is 1. The standard InChI is InChI=1S/C15H22O3/c1-6-18-13-11(3)10(2)7-8-12(13)9-15(4,5)14(16)17/h7-8H,6,9H2,1-5H3,(H,16,17). The van der Waals surface area contributed by atoms with Gasteiger partial charge in [0.15, 0.2) is 0 Å². The van der Waals surface area contributed by atoms with Crippen molar-refractivity contribution in [1.29, 1.82) is 0 Å². The van der Waals surface area contributed by atoms with Gasteiger partial charge in [-0.3, -0.25) is 4.79 Å². The van der Waals surface area contributed by atoms with Gasteiger partial charge in [-0.15, -0.1) is 0 Å². The normalized spacial score (nSPS) is 11.4. The molecular formula is C15H22O3. The van der Waals surface area contributed by atoms with Crippen LogP contribution in [0.3, 0.4) is 0 Å². The molecule has 0 aliphatic rings. The minimum Gasteiger partial charge on any atom is -0.493 e. The Hall–Kier alpha value is -1.51. The summed E-state index contributed by atoms with van der Waals surface area (Å²) in [5.74, 6) is 0.0509. The molecule has 0 unspecified atom stereocenters. The molecule has 0 aliphatic carbocycles. The largest absolute Gasteiger partial charge is 0.493 e. The summed E-state index contributed by atoms with van der Waals surface area (Å²) in [6, 6.07) is 3.99. The van der Waals surface area contributed by atoms with E-state index in [2.05, 4.69) is 0 Å². The van der Waals surface area contributed by atoms with Gasteiger partial charge in [0.2, 0.25) is 0 Å². The Morgan fingerprint density at radius 2 is 1.94 bits per heavy atom. The lowest BCUT2D eigenvalue weighted by Gasteiger charge is -2.22. The average Bonchev–Trinajstić information content (AvgIpc) is 2.28.